The molecule has 0 bridgehead atoms. The minimum atomic E-state index is 0.0812. The van der Waals surface area contributed by atoms with Crippen molar-refractivity contribution in [2.24, 2.45) is 0 Å². The predicted molar refractivity (Wildman–Crippen MR) is 87.2 cm³/mol. The molecular weight excluding hydrogens is 298 g/mol. The summed E-state index contributed by atoms with van der Waals surface area (Å²) in [6, 6.07) is 8.69. The number of benzene rings is 1. The lowest BCUT2D eigenvalue weighted by Crippen LogP contribution is -3.29. The lowest BCUT2D eigenvalue weighted by molar-refractivity contribution is -1.02. The van der Waals surface area contributed by atoms with Crippen molar-refractivity contribution in [3.63, 3.8) is 0 Å². The first-order valence-electron chi connectivity index (χ1n) is 8.35. The van der Waals surface area contributed by atoms with Gasteiger partial charge in [-0.25, -0.2) is 0 Å². The Balaban J connectivity index is 1.45. The van der Waals surface area contributed by atoms with Gasteiger partial charge in [0.25, 0.3) is 5.91 Å². The predicted octanol–water partition coefficient (Wildman–Crippen LogP) is -0.709. The van der Waals surface area contributed by atoms with Crippen LogP contribution in [-0.4, -0.2) is 44.2 Å². The van der Waals surface area contributed by atoms with E-state index in [1.54, 1.807) is 4.90 Å². The molecule has 4 nitrogen and oxygen atoms in total. The third-order valence-electron chi connectivity index (χ3n) is 4.90. The van der Waals surface area contributed by atoms with Crippen molar-refractivity contribution < 1.29 is 14.6 Å². The van der Waals surface area contributed by atoms with Crippen molar-refractivity contribution in [1.82, 2.24) is 5.32 Å². The Morgan fingerprint density at radius 2 is 1.86 bits per heavy atom. The second kappa shape index (κ2) is 6.99. The Morgan fingerprint density at radius 1 is 1.23 bits per heavy atom. The molecule has 2 fully saturated rings. The number of amides is 1. The van der Waals surface area contributed by atoms with Crippen LogP contribution in [0.15, 0.2) is 24.3 Å². The average molecular weight is 324 g/mol. The number of hydrogen-bond donors (Lipinski definition) is 3. The summed E-state index contributed by atoms with van der Waals surface area (Å²) in [6.45, 7) is 7.51. The summed E-state index contributed by atoms with van der Waals surface area (Å²) in [5.41, 5.74) is 1.34. The Bertz CT molecular complexity index is 507. The summed E-state index contributed by atoms with van der Waals surface area (Å²) < 4.78 is 0. The highest BCUT2D eigenvalue weighted by Gasteiger charge is 2.33. The second-order valence-corrected chi connectivity index (χ2v) is 7.15. The molecule has 1 heterocycles. The maximum Gasteiger partial charge on any atom is 0.278 e. The van der Waals surface area contributed by atoms with Crippen molar-refractivity contribution in [3.05, 3.63) is 34.9 Å². The molecule has 5 heteroatoms. The number of halogens is 1. The Labute approximate surface area is 137 Å². The first-order chi connectivity index (χ1) is 10.6. The van der Waals surface area contributed by atoms with Crippen LogP contribution < -0.4 is 15.1 Å². The van der Waals surface area contributed by atoms with Gasteiger partial charge in [-0.05, 0) is 31.9 Å². The van der Waals surface area contributed by atoms with Crippen LogP contribution in [0.3, 0.4) is 0 Å². The van der Waals surface area contributed by atoms with E-state index in [1.807, 2.05) is 12.1 Å². The fraction of sp³-hybridized carbons (Fsp3) is 0.588. The van der Waals surface area contributed by atoms with Crippen LogP contribution in [0, 0.1) is 0 Å². The zero-order valence-corrected chi connectivity index (χ0v) is 14.0. The van der Waals surface area contributed by atoms with E-state index in [0.717, 1.165) is 50.6 Å². The van der Waals surface area contributed by atoms with Gasteiger partial charge in [0.15, 0.2) is 6.04 Å². The van der Waals surface area contributed by atoms with Crippen LogP contribution in [0.1, 0.15) is 25.3 Å². The first-order valence-corrected chi connectivity index (χ1v) is 8.72. The van der Waals surface area contributed by atoms with Crippen molar-refractivity contribution in [3.8, 4) is 0 Å². The monoisotopic (exact) mass is 323 g/mol. The van der Waals surface area contributed by atoms with E-state index < -0.39 is 0 Å². The Hall–Kier alpha value is -1.10. The van der Waals surface area contributed by atoms with E-state index in [9.17, 15) is 4.79 Å². The SMILES string of the molecule is C[C@@H](C(=O)NC1CC1)[NH+]1CC[NH+](Cc2ccc(Cl)cc2)CC1. The number of hydrogen-bond acceptors (Lipinski definition) is 1. The van der Waals surface area contributed by atoms with Gasteiger partial charge in [0.1, 0.15) is 32.7 Å². The van der Waals surface area contributed by atoms with E-state index in [4.69, 9.17) is 11.6 Å². The number of nitrogens with one attached hydrogen (secondary N) is 3. The van der Waals surface area contributed by atoms with Crippen LogP contribution in [-0.2, 0) is 11.3 Å². The summed E-state index contributed by atoms with van der Waals surface area (Å²) in [5.74, 6) is 0.235. The highest BCUT2D eigenvalue weighted by molar-refractivity contribution is 6.30. The van der Waals surface area contributed by atoms with Crippen LogP contribution in [0.25, 0.3) is 0 Å². The molecule has 0 radical (unpaired) electrons. The lowest BCUT2D eigenvalue weighted by atomic mass is 10.1. The second-order valence-electron chi connectivity index (χ2n) is 6.72. The van der Waals surface area contributed by atoms with Gasteiger partial charge in [0.05, 0.1) is 0 Å². The van der Waals surface area contributed by atoms with Gasteiger partial charge in [-0.1, -0.05) is 23.7 Å². The molecule has 1 atom stereocenters. The number of piperazine rings is 1. The van der Waals surface area contributed by atoms with Gasteiger partial charge in [0, 0.05) is 16.6 Å². The van der Waals surface area contributed by atoms with Crippen molar-refractivity contribution in [2.75, 3.05) is 26.2 Å². The quantitative estimate of drug-likeness (QED) is 0.658. The van der Waals surface area contributed by atoms with Crippen LogP contribution in [0.2, 0.25) is 5.02 Å². The molecule has 1 aliphatic carbocycles. The zero-order valence-electron chi connectivity index (χ0n) is 13.2. The maximum atomic E-state index is 12.1. The van der Waals surface area contributed by atoms with Gasteiger partial charge >= 0.3 is 0 Å². The third-order valence-corrected chi connectivity index (χ3v) is 5.15. The molecule has 1 aromatic rings. The highest BCUT2D eigenvalue weighted by Crippen LogP contribution is 2.18. The summed E-state index contributed by atoms with van der Waals surface area (Å²) in [7, 11) is 0. The molecule has 0 spiro atoms. The minimum absolute atomic E-state index is 0.0812. The third kappa shape index (κ3) is 4.22. The molecule has 1 amide bonds. The zero-order chi connectivity index (χ0) is 15.5. The normalized spacial score (nSPS) is 26.5. The number of carbonyl (C=O) groups is 1. The van der Waals surface area contributed by atoms with Crippen molar-refractivity contribution in [2.45, 2.75) is 38.4 Å². The Kier molecular flexibility index (Phi) is 5.01. The summed E-state index contributed by atoms with van der Waals surface area (Å²) in [5, 5.41) is 3.92. The van der Waals surface area contributed by atoms with Gasteiger partial charge in [-0.15, -0.1) is 0 Å². The number of carbonyl (C=O) groups excluding carboxylic acids is 1. The van der Waals surface area contributed by atoms with Crippen LogP contribution in [0.4, 0.5) is 0 Å². The maximum absolute atomic E-state index is 12.1. The van der Waals surface area contributed by atoms with Gasteiger partial charge < -0.3 is 15.1 Å². The van der Waals surface area contributed by atoms with Gasteiger partial charge in [0.2, 0.25) is 0 Å². The Morgan fingerprint density at radius 3 is 2.45 bits per heavy atom. The summed E-state index contributed by atoms with van der Waals surface area (Å²) >= 11 is 5.93. The fourth-order valence-corrected chi connectivity index (χ4v) is 3.29. The van der Waals surface area contributed by atoms with Crippen molar-refractivity contribution in [1.29, 1.82) is 0 Å². The van der Waals surface area contributed by atoms with Crippen molar-refractivity contribution >= 4 is 17.5 Å². The molecule has 3 rings (SSSR count). The molecule has 2 aliphatic rings. The molecule has 120 valence electrons. The lowest BCUT2D eigenvalue weighted by Gasteiger charge is -2.32. The van der Waals surface area contributed by atoms with E-state index in [2.05, 4.69) is 24.4 Å². The van der Waals surface area contributed by atoms with Crippen LogP contribution in [0.5, 0.6) is 0 Å². The summed E-state index contributed by atoms with van der Waals surface area (Å²) in [4.78, 5) is 15.2. The number of rotatable bonds is 5. The molecule has 0 unspecified atom stereocenters. The standard InChI is InChI=1S/C17H24ClN3O/c1-13(17(22)19-16-6-7-16)21-10-8-20(9-11-21)12-14-2-4-15(18)5-3-14/h2-5,13,16H,6-12H2,1H3,(H,19,22)/p+2/t13-/m0/s1. The van der Waals surface area contributed by atoms with E-state index >= 15 is 0 Å². The van der Waals surface area contributed by atoms with Crippen LogP contribution >= 0.6 is 11.6 Å². The molecule has 1 saturated carbocycles. The largest absolute Gasteiger partial charge is 0.348 e. The topological polar surface area (TPSA) is 38.0 Å². The van der Waals surface area contributed by atoms with E-state index in [1.165, 1.54) is 10.5 Å². The molecule has 1 aliphatic heterocycles. The summed E-state index contributed by atoms with van der Waals surface area (Å²) in [6.07, 6.45) is 2.32. The van der Waals surface area contributed by atoms with E-state index in [0.29, 0.717) is 6.04 Å². The highest BCUT2D eigenvalue weighted by atomic mass is 35.5. The first kappa shape index (κ1) is 15.8. The van der Waals surface area contributed by atoms with Gasteiger partial charge in [-0.2, -0.15) is 0 Å². The smallest absolute Gasteiger partial charge is 0.278 e. The molecular formula is C17H26ClN3O+2. The molecule has 1 aromatic carbocycles. The molecule has 1 saturated heterocycles. The average Bonchev–Trinajstić information content (AvgIpc) is 3.33. The van der Waals surface area contributed by atoms with E-state index in [-0.39, 0.29) is 11.9 Å². The fourth-order valence-electron chi connectivity index (χ4n) is 3.16. The molecule has 0 aromatic heterocycles. The molecule has 22 heavy (non-hydrogen) atoms. The number of quaternary nitrogens is 2. The molecule has 3 N–H and O–H groups in total. The van der Waals surface area contributed by atoms with Gasteiger partial charge in [-0.3, -0.25) is 4.79 Å². The minimum Gasteiger partial charge on any atom is -0.348 e.